The van der Waals surface area contributed by atoms with Crippen molar-refractivity contribution in [3.05, 3.63) is 21.9 Å². The summed E-state index contributed by atoms with van der Waals surface area (Å²) < 4.78 is 0. The van der Waals surface area contributed by atoms with Gasteiger partial charge < -0.3 is 5.73 Å². The van der Waals surface area contributed by atoms with Gasteiger partial charge in [-0.2, -0.15) is 0 Å². The van der Waals surface area contributed by atoms with Gasteiger partial charge in [-0.05, 0) is 29.9 Å². The van der Waals surface area contributed by atoms with Crippen molar-refractivity contribution >= 4 is 17.2 Å². The fourth-order valence-corrected chi connectivity index (χ4v) is 3.07. The number of fused-ring (bicyclic) bond motifs is 1. The first-order chi connectivity index (χ1) is 7.22. The van der Waals surface area contributed by atoms with Crippen molar-refractivity contribution in [3.63, 3.8) is 0 Å². The van der Waals surface area contributed by atoms with Gasteiger partial charge in [-0.1, -0.05) is 6.92 Å². The number of carbonyl (C=O) groups is 1. The zero-order valence-electron chi connectivity index (χ0n) is 8.90. The molecule has 4 heteroatoms. The smallest absolute Gasteiger partial charge is 0.234 e. The average Bonchev–Trinajstić information content (AvgIpc) is 2.65. The molecule has 0 aliphatic carbocycles. The highest BCUT2D eigenvalue weighted by Crippen LogP contribution is 2.25. The van der Waals surface area contributed by atoms with Crippen LogP contribution in [0.5, 0.6) is 0 Å². The average molecular weight is 224 g/mol. The number of thiophene rings is 1. The lowest BCUT2D eigenvalue weighted by atomic mass is 10.1. The highest BCUT2D eigenvalue weighted by atomic mass is 32.1. The van der Waals surface area contributed by atoms with E-state index in [1.807, 2.05) is 18.3 Å². The van der Waals surface area contributed by atoms with Crippen LogP contribution in [0.3, 0.4) is 0 Å². The van der Waals surface area contributed by atoms with E-state index in [2.05, 4.69) is 16.3 Å². The maximum atomic E-state index is 11.3. The van der Waals surface area contributed by atoms with Crippen LogP contribution in [0.1, 0.15) is 23.8 Å². The van der Waals surface area contributed by atoms with E-state index in [9.17, 15) is 4.79 Å². The molecule has 1 aliphatic heterocycles. The molecule has 2 rings (SSSR count). The SMILES string of the molecule is CCC(C(N)=O)N1CCc2sccc2C1. The molecule has 0 saturated heterocycles. The maximum Gasteiger partial charge on any atom is 0.234 e. The molecule has 0 saturated carbocycles. The van der Waals surface area contributed by atoms with Gasteiger partial charge in [-0.3, -0.25) is 9.69 Å². The number of nitrogens with two attached hydrogens (primary N) is 1. The summed E-state index contributed by atoms with van der Waals surface area (Å²) in [5.74, 6) is -0.198. The molecule has 0 aromatic carbocycles. The molecule has 1 unspecified atom stereocenters. The lowest BCUT2D eigenvalue weighted by Crippen LogP contribution is -2.46. The van der Waals surface area contributed by atoms with E-state index < -0.39 is 0 Å². The third-order valence-electron chi connectivity index (χ3n) is 2.99. The van der Waals surface area contributed by atoms with Gasteiger partial charge in [0.15, 0.2) is 0 Å². The first kappa shape index (κ1) is 10.6. The third-order valence-corrected chi connectivity index (χ3v) is 4.02. The van der Waals surface area contributed by atoms with Crippen molar-refractivity contribution in [1.82, 2.24) is 4.90 Å². The molecule has 1 atom stereocenters. The van der Waals surface area contributed by atoms with Gasteiger partial charge in [-0.25, -0.2) is 0 Å². The van der Waals surface area contributed by atoms with Crippen LogP contribution in [0, 0.1) is 0 Å². The minimum Gasteiger partial charge on any atom is -0.368 e. The Hall–Kier alpha value is -0.870. The Morgan fingerprint density at radius 2 is 2.53 bits per heavy atom. The molecule has 1 aliphatic rings. The fraction of sp³-hybridized carbons (Fsp3) is 0.545. The largest absolute Gasteiger partial charge is 0.368 e. The second-order valence-electron chi connectivity index (χ2n) is 3.92. The Morgan fingerprint density at radius 3 is 3.20 bits per heavy atom. The normalized spacial score (nSPS) is 18.5. The Balaban J connectivity index is 2.11. The second kappa shape index (κ2) is 4.33. The molecular formula is C11H16N2OS. The number of amides is 1. The van der Waals surface area contributed by atoms with Crippen LogP contribution in [0.25, 0.3) is 0 Å². The van der Waals surface area contributed by atoms with Crippen molar-refractivity contribution < 1.29 is 4.79 Å². The summed E-state index contributed by atoms with van der Waals surface area (Å²) in [7, 11) is 0. The number of primary amides is 1. The van der Waals surface area contributed by atoms with E-state index in [1.165, 1.54) is 10.4 Å². The first-order valence-corrected chi connectivity index (χ1v) is 6.19. The van der Waals surface area contributed by atoms with Crippen molar-refractivity contribution in [3.8, 4) is 0 Å². The van der Waals surface area contributed by atoms with E-state index in [0.717, 1.165) is 25.9 Å². The lowest BCUT2D eigenvalue weighted by molar-refractivity contribution is -0.123. The predicted octanol–water partition coefficient (Wildman–Crippen LogP) is 1.37. The zero-order chi connectivity index (χ0) is 10.8. The Labute approximate surface area is 93.9 Å². The van der Waals surface area contributed by atoms with Gasteiger partial charge in [0.2, 0.25) is 5.91 Å². The summed E-state index contributed by atoms with van der Waals surface area (Å²) in [6.07, 6.45) is 1.85. The summed E-state index contributed by atoms with van der Waals surface area (Å²) in [5.41, 5.74) is 6.76. The number of hydrogen-bond acceptors (Lipinski definition) is 3. The van der Waals surface area contributed by atoms with Crippen LogP contribution in [0.4, 0.5) is 0 Å². The van der Waals surface area contributed by atoms with E-state index >= 15 is 0 Å². The molecule has 2 heterocycles. The van der Waals surface area contributed by atoms with Gasteiger partial charge >= 0.3 is 0 Å². The van der Waals surface area contributed by atoms with Gasteiger partial charge in [-0.15, -0.1) is 11.3 Å². The molecule has 0 spiro atoms. The number of carbonyl (C=O) groups excluding carboxylic acids is 1. The first-order valence-electron chi connectivity index (χ1n) is 5.31. The van der Waals surface area contributed by atoms with E-state index in [0.29, 0.717) is 0 Å². The molecule has 1 amide bonds. The summed E-state index contributed by atoms with van der Waals surface area (Å²) >= 11 is 1.81. The van der Waals surface area contributed by atoms with Crippen LogP contribution in [-0.2, 0) is 17.8 Å². The Bertz CT molecular complexity index is 361. The summed E-state index contributed by atoms with van der Waals surface area (Å²) in [4.78, 5) is 14.9. The van der Waals surface area contributed by atoms with Gasteiger partial charge in [0, 0.05) is 18.0 Å². The van der Waals surface area contributed by atoms with Crippen LogP contribution < -0.4 is 5.73 Å². The topological polar surface area (TPSA) is 46.3 Å². The van der Waals surface area contributed by atoms with Crippen molar-refractivity contribution in [2.45, 2.75) is 32.4 Å². The van der Waals surface area contributed by atoms with Gasteiger partial charge in [0.05, 0.1) is 6.04 Å². The predicted molar refractivity (Wildman–Crippen MR) is 61.7 cm³/mol. The van der Waals surface area contributed by atoms with Crippen LogP contribution in [0.15, 0.2) is 11.4 Å². The summed E-state index contributed by atoms with van der Waals surface area (Å²) in [5, 5.41) is 2.12. The molecule has 82 valence electrons. The standard InChI is InChI=1S/C11H16N2OS/c1-2-9(11(12)14)13-5-3-10-8(7-13)4-6-15-10/h4,6,9H,2-3,5,7H2,1H3,(H2,12,14). The number of rotatable bonds is 3. The molecule has 0 radical (unpaired) electrons. The molecule has 3 nitrogen and oxygen atoms in total. The molecule has 2 N–H and O–H groups in total. The van der Waals surface area contributed by atoms with E-state index in [4.69, 9.17) is 5.73 Å². The minimum atomic E-state index is -0.198. The molecule has 15 heavy (non-hydrogen) atoms. The molecule has 1 aromatic heterocycles. The van der Waals surface area contributed by atoms with E-state index in [1.54, 1.807) is 0 Å². The van der Waals surface area contributed by atoms with Crippen LogP contribution >= 0.6 is 11.3 Å². The van der Waals surface area contributed by atoms with Gasteiger partial charge in [0.25, 0.3) is 0 Å². The molecular weight excluding hydrogens is 208 g/mol. The van der Waals surface area contributed by atoms with Gasteiger partial charge in [0.1, 0.15) is 0 Å². The Morgan fingerprint density at radius 1 is 1.73 bits per heavy atom. The summed E-state index contributed by atoms with van der Waals surface area (Å²) in [6.45, 7) is 3.84. The minimum absolute atomic E-state index is 0.0990. The Kier molecular flexibility index (Phi) is 3.07. The van der Waals surface area contributed by atoms with Crippen LogP contribution in [-0.4, -0.2) is 23.4 Å². The quantitative estimate of drug-likeness (QED) is 0.843. The molecule has 0 bridgehead atoms. The highest BCUT2D eigenvalue weighted by Gasteiger charge is 2.26. The van der Waals surface area contributed by atoms with Crippen LogP contribution in [0.2, 0.25) is 0 Å². The fourth-order valence-electron chi connectivity index (χ4n) is 2.18. The second-order valence-corrected chi connectivity index (χ2v) is 4.92. The summed E-state index contributed by atoms with van der Waals surface area (Å²) in [6, 6.07) is 2.05. The molecule has 0 fully saturated rings. The van der Waals surface area contributed by atoms with E-state index in [-0.39, 0.29) is 11.9 Å². The van der Waals surface area contributed by atoms with Crippen molar-refractivity contribution in [1.29, 1.82) is 0 Å². The zero-order valence-corrected chi connectivity index (χ0v) is 9.72. The number of hydrogen-bond donors (Lipinski definition) is 1. The lowest BCUT2D eigenvalue weighted by Gasteiger charge is -2.32. The maximum absolute atomic E-state index is 11.3. The van der Waals surface area contributed by atoms with Crippen molar-refractivity contribution in [2.24, 2.45) is 5.73 Å². The molecule has 1 aromatic rings. The highest BCUT2D eigenvalue weighted by molar-refractivity contribution is 7.10. The monoisotopic (exact) mass is 224 g/mol. The third kappa shape index (κ3) is 2.06. The number of nitrogens with zero attached hydrogens (tertiary/aromatic N) is 1. The van der Waals surface area contributed by atoms with Crippen molar-refractivity contribution in [2.75, 3.05) is 6.54 Å².